The number of rotatable bonds is 6. The van der Waals surface area contributed by atoms with Crippen molar-refractivity contribution in [1.82, 2.24) is 5.32 Å². The van der Waals surface area contributed by atoms with Crippen molar-refractivity contribution in [2.75, 3.05) is 0 Å². The molecule has 6 heteroatoms. The molecule has 2 nitrogen and oxygen atoms in total. The predicted molar refractivity (Wildman–Crippen MR) is 77.7 cm³/mol. The number of alkyl halides is 2. The van der Waals surface area contributed by atoms with E-state index in [4.69, 9.17) is 11.6 Å². The molecule has 0 radical (unpaired) electrons. The summed E-state index contributed by atoms with van der Waals surface area (Å²) in [5, 5.41) is 3.32. The third-order valence-electron chi connectivity index (χ3n) is 2.79. The Morgan fingerprint density at radius 3 is 2.75 bits per heavy atom. The van der Waals surface area contributed by atoms with E-state index in [-0.39, 0.29) is 11.8 Å². The van der Waals surface area contributed by atoms with Gasteiger partial charge >= 0.3 is 6.61 Å². The molecule has 1 aromatic carbocycles. The molecule has 0 aliphatic carbocycles. The molecule has 2 rings (SSSR count). The maximum Gasteiger partial charge on any atom is 0.387 e. The summed E-state index contributed by atoms with van der Waals surface area (Å²) in [6, 6.07) is 10.5. The first-order valence-corrected chi connectivity index (χ1v) is 7.26. The quantitative estimate of drug-likeness (QED) is 0.822. The number of nitrogens with one attached hydrogen (secondary N) is 1. The highest BCUT2D eigenvalue weighted by molar-refractivity contribution is 7.16. The summed E-state index contributed by atoms with van der Waals surface area (Å²) < 4.78 is 29.5. The zero-order chi connectivity index (χ0) is 14.5. The number of hydrogen-bond acceptors (Lipinski definition) is 3. The number of benzene rings is 1. The predicted octanol–water partition coefficient (Wildman–Crippen LogP) is 4.85. The van der Waals surface area contributed by atoms with Gasteiger partial charge in [-0.25, -0.2) is 0 Å². The van der Waals surface area contributed by atoms with Crippen molar-refractivity contribution < 1.29 is 13.5 Å². The van der Waals surface area contributed by atoms with Crippen molar-refractivity contribution >= 4 is 22.9 Å². The molecule has 0 fully saturated rings. The largest absolute Gasteiger partial charge is 0.435 e. The zero-order valence-electron chi connectivity index (χ0n) is 10.8. The molecule has 0 aliphatic heterocycles. The summed E-state index contributed by atoms with van der Waals surface area (Å²) in [4.78, 5) is 1.13. The molecular formula is C14H14ClF2NOS. The normalized spacial score (nSPS) is 12.7. The van der Waals surface area contributed by atoms with Gasteiger partial charge in [0.15, 0.2) is 0 Å². The standard InChI is InChI=1S/C14H14ClF2NOS/c1-9(18-8-12-5-6-13(15)20-12)10-3-2-4-11(7-10)19-14(16)17/h2-7,9,14,18H,8H2,1H3. The van der Waals surface area contributed by atoms with Gasteiger partial charge in [-0.1, -0.05) is 23.7 Å². The molecule has 0 bridgehead atoms. The fourth-order valence-corrected chi connectivity index (χ4v) is 2.82. The third kappa shape index (κ3) is 4.44. The number of thiophene rings is 1. The minimum absolute atomic E-state index is 0.0251. The second-order valence-corrected chi connectivity index (χ2v) is 6.06. The van der Waals surface area contributed by atoms with Gasteiger partial charge in [0.2, 0.25) is 0 Å². The van der Waals surface area contributed by atoms with E-state index in [9.17, 15) is 8.78 Å². The van der Waals surface area contributed by atoms with Crippen LogP contribution in [0.25, 0.3) is 0 Å². The summed E-state index contributed by atoms with van der Waals surface area (Å²) >= 11 is 7.38. The Labute approximate surface area is 125 Å². The van der Waals surface area contributed by atoms with Gasteiger partial charge in [0, 0.05) is 17.5 Å². The minimum Gasteiger partial charge on any atom is -0.435 e. The number of hydrogen-bond donors (Lipinski definition) is 1. The smallest absolute Gasteiger partial charge is 0.387 e. The van der Waals surface area contributed by atoms with Gasteiger partial charge in [-0.15, -0.1) is 11.3 Å². The SMILES string of the molecule is CC(NCc1ccc(Cl)s1)c1cccc(OC(F)F)c1. The van der Waals surface area contributed by atoms with Gasteiger partial charge in [0.1, 0.15) is 5.75 Å². The molecule has 1 unspecified atom stereocenters. The molecule has 0 saturated heterocycles. The Morgan fingerprint density at radius 2 is 2.10 bits per heavy atom. The third-order valence-corrected chi connectivity index (χ3v) is 4.03. The highest BCUT2D eigenvalue weighted by atomic mass is 35.5. The lowest BCUT2D eigenvalue weighted by Gasteiger charge is -2.15. The van der Waals surface area contributed by atoms with E-state index < -0.39 is 6.61 Å². The lowest BCUT2D eigenvalue weighted by molar-refractivity contribution is -0.0499. The van der Waals surface area contributed by atoms with Crippen LogP contribution in [0.5, 0.6) is 5.75 Å². The van der Waals surface area contributed by atoms with E-state index in [1.54, 1.807) is 12.1 Å². The fourth-order valence-electron chi connectivity index (χ4n) is 1.78. The van der Waals surface area contributed by atoms with Crippen LogP contribution in [-0.2, 0) is 6.54 Å². The van der Waals surface area contributed by atoms with Crippen LogP contribution in [-0.4, -0.2) is 6.61 Å². The van der Waals surface area contributed by atoms with Crippen LogP contribution in [0, 0.1) is 0 Å². The Hall–Kier alpha value is -1.17. The van der Waals surface area contributed by atoms with E-state index in [0.29, 0.717) is 6.54 Å². The van der Waals surface area contributed by atoms with Crippen molar-refractivity contribution in [2.45, 2.75) is 26.1 Å². The molecule has 1 N–H and O–H groups in total. The lowest BCUT2D eigenvalue weighted by Crippen LogP contribution is -2.17. The Kier molecular flexibility index (Phi) is 5.34. The second kappa shape index (κ2) is 7.02. The summed E-state index contributed by atoms with van der Waals surface area (Å²) in [6.07, 6.45) is 0. The van der Waals surface area contributed by atoms with E-state index in [2.05, 4.69) is 10.1 Å². The first-order valence-electron chi connectivity index (χ1n) is 6.07. The van der Waals surface area contributed by atoms with Crippen molar-refractivity contribution in [3.05, 3.63) is 51.2 Å². The molecule has 0 saturated carbocycles. The first-order chi connectivity index (χ1) is 9.54. The van der Waals surface area contributed by atoms with Crippen LogP contribution in [0.1, 0.15) is 23.4 Å². The van der Waals surface area contributed by atoms with Gasteiger partial charge in [-0.3, -0.25) is 0 Å². The molecule has 0 amide bonds. The van der Waals surface area contributed by atoms with E-state index in [0.717, 1.165) is 14.8 Å². The first kappa shape index (κ1) is 15.2. The van der Waals surface area contributed by atoms with Gasteiger partial charge in [-0.2, -0.15) is 8.78 Å². The molecule has 0 spiro atoms. The fraction of sp³-hybridized carbons (Fsp3) is 0.286. The molecule has 1 atom stereocenters. The molecule has 108 valence electrons. The Morgan fingerprint density at radius 1 is 1.30 bits per heavy atom. The van der Waals surface area contributed by atoms with Gasteiger partial charge in [0.25, 0.3) is 0 Å². The van der Waals surface area contributed by atoms with Crippen LogP contribution < -0.4 is 10.1 Å². The molecular weight excluding hydrogens is 304 g/mol. The van der Waals surface area contributed by atoms with E-state index in [1.807, 2.05) is 25.1 Å². The zero-order valence-corrected chi connectivity index (χ0v) is 12.3. The van der Waals surface area contributed by atoms with Crippen molar-refractivity contribution in [2.24, 2.45) is 0 Å². The molecule has 0 aliphatic rings. The molecule has 1 aromatic heterocycles. The van der Waals surface area contributed by atoms with Crippen molar-refractivity contribution in [1.29, 1.82) is 0 Å². The topological polar surface area (TPSA) is 21.3 Å². The van der Waals surface area contributed by atoms with Crippen LogP contribution in [0.2, 0.25) is 4.34 Å². The van der Waals surface area contributed by atoms with Gasteiger partial charge in [0.05, 0.1) is 4.34 Å². The summed E-state index contributed by atoms with van der Waals surface area (Å²) in [7, 11) is 0. The lowest BCUT2D eigenvalue weighted by atomic mass is 10.1. The Bertz CT molecular complexity index is 562. The number of ether oxygens (including phenoxy) is 1. The Balaban J connectivity index is 1.96. The van der Waals surface area contributed by atoms with Crippen LogP contribution in [0.3, 0.4) is 0 Å². The van der Waals surface area contributed by atoms with E-state index in [1.165, 1.54) is 17.4 Å². The average molecular weight is 318 g/mol. The van der Waals surface area contributed by atoms with Crippen LogP contribution in [0.15, 0.2) is 36.4 Å². The number of halogens is 3. The van der Waals surface area contributed by atoms with Crippen LogP contribution in [0.4, 0.5) is 8.78 Å². The van der Waals surface area contributed by atoms with E-state index >= 15 is 0 Å². The minimum atomic E-state index is -2.80. The molecule has 20 heavy (non-hydrogen) atoms. The average Bonchev–Trinajstić information content (AvgIpc) is 2.81. The molecule has 2 aromatic rings. The summed E-state index contributed by atoms with van der Waals surface area (Å²) in [6.45, 7) is -0.156. The maximum absolute atomic E-state index is 12.2. The maximum atomic E-state index is 12.2. The van der Waals surface area contributed by atoms with Crippen LogP contribution >= 0.6 is 22.9 Å². The van der Waals surface area contributed by atoms with Gasteiger partial charge in [-0.05, 0) is 36.8 Å². The van der Waals surface area contributed by atoms with Crippen molar-refractivity contribution in [3.8, 4) is 5.75 Å². The highest BCUT2D eigenvalue weighted by Gasteiger charge is 2.09. The summed E-state index contributed by atoms with van der Waals surface area (Å²) in [5.74, 6) is 0.172. The van der Waals surface area contributed by atoms with Crippen molar-refractivity contribution in [3.63, 3.8) is 0 Å². The summed E-state index contributed by atoms with van der Waals surface area (Å²) in [5.41, 5.74) is 0.894. The molecule has 1 heterocycles. The van der Waals surface area contributed by atoms with Gasteiger partial charge < -0.3 is 10.1 Å². The second-order valence-electron chi connectivity index (χ2n) is 4.26. The monoisotopic (exact) mass is 317 g/mol. The highest BCUT2D eigenvalue weighted by Crippen LogP contribution is 2.23.